The molecule has 0 spiro atoms. The minimum absolute atomic E-state index is 0.208. The van der Waals surface area contributed by atoms with E-state index in [1.165, 1.54) is 6.07 Å². The van der Waals surface area contributed by atoms with Crippen molar-refractivity contribution in [3.05, 3.63) is 35.1 Å². The molecule has 0 unspecified atom stereocenters. The third kappa shape index (κ3) is 7.71. The van der Waals surface area contributed by atoms with Gasteiger partial charge in [-0.2, -0.15) is 0 Å². The minimum atomic E-state index is -1.04. The van der Waals surface area contributed by atoms with Crippen LogP contribution in [0.3, 0.4) is 0 Å². The fourth-order valence-corrected chi connectivity index (χ4v) is 3.06. The lowest BCUT2D eigenvalue weighted by Gasteiger charge is -2.15. The van der Waals surface area contributed by atoms with Crippen molar-refractivity contribution in [1.29, 1.82) is 0 Å². The summed E-state index contributed by atoms with van der Waals surface area (Å²) in [5.41, 5.74) is 2.08. The minimum Gasteiger partial charge on any atom is -0.356 e. The van der Waals surface area contributed by atoms with E-state index in [-0.39, 0.29) is 12.6 Å². The Hall–Kier alpha value is 0.0169. The van der Waals surface area contributed by atoms with Crippen molar-refractivity contribution >= 4 is 30.7 Å². The number of ether oxygens (including phenoxy) is 2. The van der Waals surface area contributed by atoms with Crippen molar-refractivity contribution in [3.63, 3.8) is 0 Å². The molecule has 114 valence electrons. The quantitative estimate of drug-likeness (QED) is 0.194. The molecule has 0 fully saturated rings. The van der Waals surface area contributed by atoms with Gasteiger partial charge in [0.05, 0.1) is 6.61 Å². The summed E-state index contributed by atoms with van der Waals surface area (Å²) in [6, 6.07) is 6.05. The van der Waals surface area contributed by atoms with E-state index in [9.17, 15) is 4.39 Å². The normalized spacial score (nSPS) is 11.8. The number of alkyl halides is 1. The summed E-state index contributed by atoms with van der Waals surface area (Å²) in [7, 11) is -1.04. The maximum atomic E-state index is 13.3. The first-order valence-corrected chi connectivity index (χ1v) is 12.1. The van der Waals surface area contributed by atoms with Gasteiger partial charge in [-0.25, -0.2) is 4.39 Å². The zero-order valence-corrected chi connectivity index (χ0v) is 15.7. The van der Waals surface area contributed by atoms with Crippen molar-refractivity contribution in [1.82, 2.24) is 0 Å². The van der Waals surface area contributed by atoms with E-state index in [1.54, 1.807) is 6.07 Å². The molecule has 20 heavy (non-hydrogen) atoms. The van der Waals surface area contributed by atoms with E-state index in [4.69, 9.17) is 9.47 Å². The lowest BCUT2D eigenvalue weighted by molar-refractivity contribution is -0.0575. The SMILES string of the molecule is C[Si](C)(C)CCOCOCc1cc(F)ccc1CCI. The second-order valence-electron chi connectivity index (χ2n) is 6.04. The van der Waals surface area contributed by atoms with Crippen molar-refractivity contribution in [3.8, 4) is 0 Å². The third-order valence-electron chi connectivity index (χ3n) is 2.95. The standard InChI is InChI=1S/C15H24FIO2Si/c1-20(2,3)9-8-18-12-19-11-14-10-15(16)5-4-13(14)6-7-17/h4-5,10H,6-9,11-12H2,1-3H3. The van der Waals surface area contributed by atoms with Gasteiger partial charge in [-0.05, 0) is 35.7 Å². The molecule has 1 aromatic rings. The van der Waals surface area contributed by atoms with Crippen LogP contribution in [0.25, 0.3) is 0 Å². The second kappa shape index (κ2) is 9.12. The van der Waals surface area contributed by atoms with Gasteiger partial charge in [-0.1, -0.05) is 48.3 Å². The van der Waals surface area contributed by atoms with Crippen LogP contribution < -0.4 is 0 Å². The predicted octanol–water partition coefficient (Wildman–Crippen LogP) is 4.63. The molecular formula is C15H24FIO2Si. The fraction of sp³-hybridized carbons (Fsp3) is 0.600. The maximum absolute atomic E-state index is 13.3. The van der Waals surface area contributed by atoms with Crippen LogP contribution in [0.1, 0.15) is 11.1 Å². The molecule has 2 nitrogen and oxygen atoms in total. The molecule has 0 bridgehead atoms. The van der Waals surface area contributed by atoms with Crippen LogP contribution in [0.5, 0.6) is 0 Å². The van der Waals surface area contributed by atoms with Crippen LogP contribution >= 0.6 is 22.6 Å². The molecule has 5 heteroatoms. The molecule has 0 amide bonds. The van der Waals surface area contributed by atoms with E-state index in [1.807, 2.05) is 6.07 Å². The molecule has 1 aromatic carbocycles. The highest BCUT2D eigenvalue weighted by Gasteiger charge is 2.12. The fourth-order valence-electron chi connectivity index (χ4n) is 1.72. The Bertz CT molecular complexity index is 407. The molecule has 0 saturated heterocycles. The van der Waals surface area contributed by atoms with Gasteiger partial charge in [0.25, 0.3) is 0 Å². The van der Waals surface area contributed by atoms with Crippen molar-refractivity contribution < 1.29 is 13.9 Å². The summed E-state index contributed by atoms with van der Waals surface area (Å²) >= 11 is 2.32. The topological polar surface area (TPSA) is 18.5 Å². The van der Waals surface area contributed by atoms with Crippen LogP contribution in [0.2, 0.25) is 25.7 Å². The molecule has 0 heterocycles. The summed E-state index contributed by atoms with van der Waals surface area (Å²) in [6.07, 6.45) is 0.940. The van der Waals surface area contributed by atoms with Gasteiger partial charge in [-0.3, -0.25) is 0 Å². The van der Waals surface area contributed by atoms with Crippen LogP contribution in [-0.4, -0.2) is 25.9 Å². The molecule has 0 atom stereocenters. The van der Waals surface area contributed by atoms with Gasteiger partial charge in [0.2, 0.25) is 0 Å². The Morgan fingerprint density at radius 3 is 2.55 bits per heavy atom. The summed E-state index contributed by atoms with van der Waals surface area (Å²) < 4.78 is 25.3. The summed E-state index contributed by atoms with van der Waals surface area (Å²) in [5.74, 6) is -0.208. The van der Waals surface area contributed by atoms with Gasteiger partial charge >= 0.3 is 0 Å². The molecular weight excluding hydrogens is 386 g/mol. The molecule has 0 aliphatic carbocycles. The lowest BCUT2D eigenvalue weighted by atomic mass is 10.1. The molecule has 0 aliphatic heterocycles. The summed E-state index contributed by atoms with van der Waals surface area (Å²) in [4.78, 5) is 0. The Kier molecular flexibility index (Phi) is 8.24. The first kappa shape index (κ1) is 18.1. The van der Waals surface area contributed by atoms with E-state index < -0.39 is 8.07 Å². The molecule has 0 N–H and O–H groups in total. The van der Waals surface area contributed by atoms with E-state index in [0.29, 0.717) is 6.61 Å². The highest BCUT2D eigenvalue weighted by Crippen LogP contribution is 2.14. The average molecular weight is 410 g/mol. The van der Waals surface area contributed by atoms with Crippen LogP contribution in [0.4, 0.5) is 4.39 Å². The largest absolute Gasteiger partial charge is 0.356 e. The van der Waals surface area contributed by atoms with Crippen LogP contribution in [0, 0.1) is 5.82 Å². The first-order chi connectivity index (χ1) is 9.42. The predicted molar refractivity (Wildman–Crippen MR) is 92.8 cm³/mol. The van der Waals surface area contributed by atoms with Crippen molar-refractivity contribution in [2.24, 2.45) is 0 Å². The Morgan fingerprint density at radius 1 is 1.15 bits per heavy atom. The summed E-state index contributed by atoms with van der Waals surface area (Å²) in [6.45, 7) is 8.40. The Balaban J connectivity index is 2.32. The van der Waals surface area contributed by atoms with E-state index in [2.05, 4.69) is 42.2 Å². The zero-order chi connectivity index (χ0) is 15.0. The van der Waals surface area contributed by atoms with E-state index in [0.717, 1.165) is 34.6 Å². The third-order valence-corrected chi connectivity index (χ3v) is 5.20. The van der Waals surface area contributed by atoms with Crippen molar-refractivity contribution in [2.45, 2.75) is 38.7 Å². The number of halogens is 2. The highest BCUT2D eigenvalue weighted by molar-refractivity contribution is 14.1. The smallest absolute Gasteiger partial charge is 0.147 e. The zero-order valence-electron chi connectivity index (χ0n) is 12.5. The van der Waals surface area contributed by atoms with E-state index >= 15 is 0 Å². The monoisotopic (exact) mass is 410 g/mol. The maximum Gasteiger partial charge on any atom is 0.147 e. The van der Waals surface area contributed by atoms with Crippen LogP contribution in [0.15, 0.2) is 18.2 Å². The number of benzene rings is 1. The number of aryl methyl sites for hydroxylation is 1. The summed E-state index contributed by atoms with van der Waals surface area (Å²) in [5, 5.41) is 0. The Labute approximate surface area is 136 Å². The molecule has 1 rings (SSSR count). The van der Waals surface area contributed by atoms with Gasteiger partial charge in [-0.15, -0.1) is 0 Å². The first-order valence-electron chi connectivity index (χ1n) is 6.91. The number of rotatable bonds is 9. The second-order valence-corrected chi connectivity index (χ2v) is 12.7. The Morgan fingerprint density at radius 2 is 1.90 bits per heavy atom. The highest BCUT2D eigenvalue weighted by atomic mass is 127. The van der Waals surface area contributed by atoms with Crippen LogP contribution in [-0.2, 0) is 22.5 Å². The van der Waals surface area contributed by atoms with Gasteiger partial charge in [0, 0.05) is 19.1 Å². The molecule has 0 radical (unpaired) electrons. The number of hydrogen-bond acceptors (Lipinski definition) is 2. The van der Waals surface area contributed by atoms with Gasteiger partial charge < -0.3 is 9.47 Å². The average Bonchev–Trinajstić information content (AvgIpc) is 2.35. The van der Waals surface area contributed by atoms with Crippen molar-refractivity contribution in [2.75, 3.05) is 17.8 Å². The number of hydrogen-bond donors (Lipinski definition) is 0. The molecule has 0 saturated carbocycles. The lowest BCUT2D eigenvalue weighted by Crippen LogP contribution is -2.22. The molecule has 0 aliphatic rings. The molecule has 0 aromatic heterocycles. The van der Waals surface area contributed by atoms with Gasteiger partial charge in [0.1, 0.15) is 12.6 Å². The van der Waals surface area contributed by atoms with Gasteiger partial charge in [0.15, 0.2) is 0 Å².